The molecule has 1 heterocycles. The summed E-state index contributed by atoms with van der Waals surface area (Å²) in [5, 5.41) is 12.3. The predicted octanol–water partition coefficient (Wildman–Crippen LogP) is -0.633. The largest absolute Gasteiger partial charge is 0.394 e. The average molecular weight is 243 g/mol. The van der Waals surface area contributed by atoms with Crippen molar-refractivity contribution in [3.63, 3.8) is 0 Å². The summed E-state index contributed by atoms with van der Waals surface area (Å²) < 4.78 is 0. The minimum Gasteiger partial charge on any atom is -0.394 e. The van der Waals surface area contributed by atoms with Crippen LogP contribution in [0.3, 0.4) is 0 Å². The topological polar surface area (TPSA) is 55.8 Å². The number of carbonyl (C=O) groups excluding carboxylic acids is 1. The molecule has 1 atom stereocenters. The molecule has 1 amide bonds. The highest BCUT2D eigenvalue weighted by Gasteiger charge is 2.34. The van der Waals surface area contributed by atoms with Gasteiger partial charge < -0.3 is 15.3 Å². The van der Waals surface area contributed by atoms with Crippen molar-refractivity contribution in [3.05, 3.63) is 0 Å². The van der Waals surface area contributed by atoms with Gasteiger partial charge in [0.25, 0.3) is 0 Å². The number of nitrogens with zero attached hydrogens (tertiary/aromatic N) is 2. The van der Waals surface area contributed by atoms with Gasteiger partial charge in [0.2, 0.25) is 5.91 Å². The predicted molar refractivity (Wildman–Crippen MR) is 67.8 cm³/mol. The van der Waals surface area contributed by atoms with E-state index < -0.39 is 6.04 Å². The van der Waals surface area contributed by atoms with Crippen molar-refractivity contribution in [2.45, 2.75) is 19.9 Å². The molecule has 0 saturated carbocycles. The molecule has 0 aromatic heterocycles. The first-order valence-electron chi connectivity index (χ1n) is 6.13. The summed E-state index contributed by atoms with van der Waals surface area (Å²) in [6.07, 6.45) is 0. The van der Waals surface area contributed by atoms with Crippen molar-refractivity contribution in [2.75, 3.05) is 46.9 Å². The lowest BCUT2D eigenvalue weighted by Gasteiger charge is -2.32. The van der Waals surface area contributed by atoms with Gasteiger partial charge in [0.05, 0.1) is 6.61 Å². The van der Waals surface area contributed by atoms with Gasteiger partial charge in [-0.1, -0.05) is 13.8 Å². The number of rotatable bonds is 4. The van der Waals surface area contributed by atoms with Crippen LogP contribution < -0.4 is 5.32 Å². The molecule has 0 spiro atoms. The molecule has 0 aromatic carbocycles. The molecular formula is C12H25N3O2. The van der Waals surface area contributed by atoms with Crippen LogP contribution in [0.25, 0.3) is 0 Å². The molecule has 17 heavy (non-hydrogen) atoms. The summed E-state index contributed by atoms with van der Waals surface area (Å²) in [6.45, 7) is 7.33. The lowest BCUT2D eigenvalue weighted by atomic mass is 9.93. The molecule has 0 aromatic rings. The van der Waals surface area contributed by atoms with Crippen LogP contribution in [-0.2, 0) is 4.79 Å². The fourth-order valence-electron chi connectivity index (χ4n) is 2.09. The van der Waals surface area contributed by atoms with Gasteiger partial charge in [-0.2, -0.15) is 0 Å². The number of aliphatic hydroxyl groups is 1. The van der Waals surface area contributed by atoms with E-state index >= 15 is 0 Å². The molecule has 1 rings (SSSR count). The zero-order valence-electron chi connectivity index (χ0n) is 11.4. The van der Waals surface area contributed by atoms with Gasteiger partial charge in [-0.15, -0.1) is 0 Å². The summed E-state index contributed by atoms with van der Waals surface area (Å²) in [7, 11) is 4.02. The molecular weight excluding hydrogens is 218 g/mol. The van der Waals surface area contributed by atoms with Crippen LogP contribution in [0, 0.1) is 5.41 Å². The third kappa shape index (κ3) is 4.26. The maximum Gasteiger partial charge on any atom is 0.239 e. The van der Waals surface area contributed by atoms with E-state index in [0.29, 0.717) is 6.54 Å². The van der Waals surface area contributed by atoms with E-state index in [-0.39, 0.29) is 17.9 Å². The Morgan fingerprint density at radius 2 is 2.18 bits per heavy atom. The Labute approximate surface area is 104 Å². The number of hydrogen-bond donors (Lipinski definition) is 2. The van der Waals surface area contributed by atoms with Gasteiger partial charge in [0.15, 0.2) is 0 Å². The van der Waals surface area contributed by atoms with E-state index in [1.54, 1.807) is 0 Å². The van der Waals surface area contributed by atoms with Crippen molar-refractivity contribution in [3.8, 4) is 0 Å². The van der Waals surface area contributed by atoms with Crippen LogP contribution in [0.1, 0.15) is 13.8 Å². The van der Waals surface area contributed by atoms with Crippen LogP contribution >= 0.6 is 0 Å². The summed E-state index contributed by atoms with van der Waals surface area (Å²) in [5.74, 6) is -0.0585. The summed E-state index contributed by atoms with van der Waals surface area (Å²) >= 11 is 0. The lowest BCUT2D eigenvalue weighted by Crippen LogP contribution is -2.49. The highest BCUT2D eigenvalue weighted by molar-refractivity contribution is 5.82. The first kappa shape index (κ1) is 14.4. The van der Waals surface area contributed by atoms with Crippen molar-refractivity contribution in [1.82, 2.24) is 15.1 Å². The molecule has 0 aliphatic carbocycles. The van der Waals surface area contributed by atoms with Crippen molar-refractivity contribution in [2.24, 2.45) is 5.41 Å². The fourth-order valence-corrected chi connectivity index (χ4v) is 2.09. The monoisotopic (exact) mass is 243 g/mol. The van der Waals surface area contributed by atoms with Crippen molar-refractivity contribution in [1.29, 1.82) is 0 Å². The minimum absolute atomic E-state index is 0.0475. The second kappa shape index (κ2) is 5.80. The Morgan fingerprint density at radius 1 is 1.53 bits per heavy atom. The van der Waals surface area contributed by atoms with Crippen molar-refractivity contribution < 1.29 is 9.90 Å². The maximum absolute atomic E-state index is 11.9. The molecule has 1 aliphatic rings. The second-order valence-corrected chi connectivity index (χ2v) is 5.85. The van der Waals surface area contributed by atoms with Gasteiger partial charge in [0.1, 0.15) is 6.04 Å². The molecule has 5 nitrogen and oxygen atoms in total. The van der Waals surface area contributed by atoms with E-state index in [1.807, 2.05) is 14.1 Å². The van der Waals surface area contributed by atoms with E-state index in [0.717, 1.165) is 19.6 Å². The first-order chi connectivity index (χ1) is 7.85. The van der Waals surface area contributed by atoms with Crippen LogP contribution in [-0.4, -0.2) is 73.7 Å². The highest BCUT2D eigenvalue weighted by atomic mass is 16.3. The molecule has 1 saturated heterocycles. The van der Waals surface area contributed by atoms with Crippen LogP contribution in [0.4, 0.5) is 0 Å². The zero-order valence-corrected chi connectivity index (χ0v) is 11.4. The van der Waals surface area contributed by atoms with Gasteiger partial charge in [0, 0.05) is 26.2 Å². The van der Waals surface area contributed by atoms with E-state index in [9.17, 15) is 9.90 Å². The quantitative estimate of drug-likeness (QED) is 0.690. The maximum atomic E-state index is 11.9. The van der Waals surface area contributed by atoms with Crippen LogP contribution in [0.15, 0.2) is 0 Å². The zero-order chi connectivity index (χ0) is 13.1. The number of aliphatic hydroxyl groups excluding tert-OH is 1. The first-order valence-corrected chi connectivity index (χ1v) is 6.13. The fraction of sp³-hybridized carbons (Fsp3) is 0.917. The molecule has 100 valence electrons. The Balaban J connectivity index is 2.74. The normalized spacial score (nSPS) is 25.8. The molecule has 1 aliphatic heterocycles. The molecule has 1 fully saturated rings. The van der Waals surface area contributed by atoms with Gasteiger partial charge in [-0.3, -0.25) is 9.69 Å². The van der Waals surface area contributed by atoms with Crippen molar-refractivity contribution >= 4 is 5.91 Å². The number of hydrogen-bond acceptors (Lipinski definition) is 4. The SMILES string of the molecule is CN(C)CCN1CC(C)(C)CNC(=O)C1CO. The van der Waals surface area contributed by atoms with E-state index in [1.165, 1.54) is 0 Å². The van der Waals surface area contributed by atoms with Crippen LogP contribution in [0.5, 0.6) is 0 Å². The Bertz CT molecular complexity index is 266. The van der Waals surface area contributed by atoms with Gasteiger partial charge in [-0.25, -0.2) is 0 Å². The second-order valence-electron chi connectivity index (χ2n) is 5.85. The Kier molecular flexibility index (Phi) is 4.91. The van der Waals surface area contributed by atoms with Gasteiger partial charge in [-0.05, 0) is 19.5 Å². The lowest BCUT2D eigenvalue weighted by molar-refractivity contribution is -0.126. The summed E-state index contributed by atoms with van der Waals surface area (Å²) in [4.78, 5) is 16.0. The number of nitrogens with one attached hydrogen (secondary N) is 1. The summed E-state index contributed by atoms with van der Waals surface area (Å²) in [6, 6.07) is -0.406. The average Bonchev–Trinajstić information content (AvgIpc) is 2.33. The third-order valence-corrected chi connectivity index (χ3v) is 3.12. The molecule has 0 bridgehead atoms. The Morgan fingerprint density at radius 3 is 2.71 bits per heavy atom. The standard InChI is InChI=1S/C12H25N3O2/c1-12(2)8-13-11(17)10(7-16)15(9-12)6-5-14(3)4/h10,16H,5-9H2,1-4H3,(H,13,17). The highest BCUT2D eigenvalue weighted by Crippen LogP contribution is 2.20. The number of likely N-dealkylation sites (N-methyl/N-ethyl adjacent to an activating group) is 1. The molecule has 2 N–H and O–H groups in total. The number of amides is 1. The molecule has 1 unspecified atom stereocenters. The van der Waals surface area contributed by atoms with E-state index in [4.69, 9.17) is 0 Å². The molecule has 5 heteroatoms. The smallest absolute Gasteiger partial charge is 0.239 e. The third-order valence-electron chi connectivity index (χ3n) is 3.12. The minimum atomic E-state index is -0.406. The van der Waals surface area contributed by atoms with Crippen LogP contribution in [0.2, 0.25) is 0 Å². The van der Waals surface area contributed by atoms with Gasteiger partial charge >= 0.3 is 0 Å². The van der Waals surface area contributed by atoms with E-state index in [2.05, 4.69) is 29.0 Å². The Hall–Kier alpha value is -0.650. The number of carbonyl (C=O) groups is 1. The molecule has 0 radical (unpaired) electrons. The summed E-state index contributed by atoms with van der Waals surface area (Å²) in [5.41, 5.74) is 0.0475.